The molecule has 0 saturated heterocycles. The van der Waals surface area contributed by atoms with E-state index in [4.69, 9.17) is 21.4 Å². The Balaban J connectivity index is 1.99. The summed E-state index contributed by atoms with van der Waals surface area (Å²) in [5, 5.41) is 9.17. The molecule has 0 fully saturated rings. The van der Waals surface area contributed by atoms with E-state index in [-0.39, 0.29) is 33.3 Å². The number of alkyl halides is 3. The molecule has 0 atom stereocenters. The zero-order chi connectivity index (χ0) is 25.1. The summed E-state index contributed by atoms with van der Waals surface area (Å²) in [6.45, 7) is -0.811. The fourth-order valence-corrected chi connectivity index (χ4v) is 4.64. The van der Waals surface area contributed by atoms with E-state index in [1.807, 2.05) is 0 Å². The van der Waals surface area contributed by atoms with E-state index >= 15 is 0 Å². The highest BCUT2D eigenvalue weighted by molar-refractivity contribution is 7.89. The molecule has 6 nitrogen and oxygen atoms in total. The van der Waals surface area contributed by atoms with E-state index in [1.54, 1.807) is 0 Å². The number of hydrogen-bond donors (Lipinski definition) is 1. The maximum absolute atomic E-state index is 13.2. The SMILES string of the molecule is CN(Cc1ccc(OCC(=O)O)c(-c2cccc(C(F)(F)F)c2)c1)S(=O)(=O)c1cccc(Cl)c1. The second-order valence-electron chi connectivity index (χ2n) is 7.31. The van der Waals surface area contributed by atoms with Gasteiger partial charge in [0.25, 0.3) is 0 Å². The van der Waals surface area contributed by atoms with E-state index in [9.17, 15) is 26.4 Å². The summed E-state index contributed by atoms with van der Waals surface area (Å²) in [6, 6.07) is 14.6. The minimum Gasteiger partial charge on any atom is -0.481 e. The van der Waals surface area contributed by atoms with Gasteiger partial charge in [0.15, 0.2) is 6.61 Å². The molecule has 0 radical (unpaired) electrons. The molecule has 0 amide bonds. The molecule has 3 aromatic rings. The standard InChI is InChI=1S/C23H19ClF3NO5S/c1-28(34(31,32)19-7-3-6-18(24)12-19)13-15-8-9-21(33-14-22(29)30)20(10-15)16-4-2-5-17(11-16)23(25,26)27/h2-12H,13-14H2,1H3,(H,29,30). The number of aliphatic carboxylic acids is 1. The van der Waals surface area contributed by atoms with Gasteiger partial charge in [-0.3, -0.25) is 0 Å². The van der Waals surface area contributed by atoms with Crippen molar-refractivity contribution in [3.05, 3.63) is 82.9 Å². The number of rotatable bonds is 8. The topological polar surface area (TPSA) is 83.9 Å². The van der Waals surface area contributed by atoms with Gasteiger partial charge in [0.1, 0.15) is 5.75 Å². The van der Waals surface area contributed by atoms with Crippen molar-refractivity contribution in [1.82, 2.24) is 4.31 Å². The average Bonchev–Trinajstić information content (AvgIpc) is 2.77. The maximum atomic E-state index is 13.2. The van der Waals surface area contributed by atoms with Crippen molar-refractivity contribution in [2.45, 2.75) is 17.6 Å². The van der Waals surface area contributed by atoms with E-state index in [2.05, 4.69) is 0 Å². The van der Waals surface area contributed by atoms with Gasteiger partial charge in [-0.1, -0.05) is 35.9 Å². The van der Waals surface area contributed by atoms with E-state index < -0.39 is 34.3 Å². The van der Waals surface area contributed by atoms with Crippen molar-refractivity contribution < 1.29 is 36.2 Å². The summed E-state index contributed by atoms with van der Waals surface area (Å²) in [4.78, 5) is 10.9. The van der Waals surface area contributed by atoms with Crippen LogP contribution in [-0.2, 0) is 27.5 Å². The van der Waals surface area contributed by atoms with Gasteiger partial charge in [-0.25, -0.2) is 13.2 Å². The molecule has 0 saturated carbocycles. The fraction of sp³-hybridized carbons (Fsp3) is 0.174. The molecule has 0 heterocycles. The van der Waals surface area contributed by atoms with Crippen LogP contribution in [0.5, 0.6) is 5.75 Å². The van der Waals surface area contributed by atoms with E-state index in [1.165, 1.54) is 61.6 Å². The maximum Gasteiger partial charge on any atom is 0.416 e. The van der Waals surface area contributed by atoms with Gasteiger partial charge >= 0.3 is 12.1 Å². The Kier molecular flexibility index (Phi) is 7.54. The molecule has 0 unspecified atom stereocenters. The van der Waals surface area contributed by atoms with Crippen molar-refractivity contribution in [2.75, 3.05) is 13.7 Å². The first-order valence-corrected chi connectivity index (χ1v) is 11.6. The molecule has 0 aromatic heterocycles. The second-order valence-corrected chi connectivity index (χ2v) is 9.79. The fourth-order valence-electron chi connectivity index (χ4n) is 3.18. The lowest BCUT2D eigenvalue weighted by Gasteiger charge is -2.19. The highest BCUT2D eigenvalue weighted by Crippen LogP contribution is 2.36. The van der Waals surface area contributed by atoms with Crippen LogP contribution >= 0.6 is 11.6 Å². The molecule has 34 heavy (non-hydrogen) atoms. The van der Waals surface area contributed by atoms with Crippen molar-refractivity contribution >= 4 is 27.6 Å². The Morgan fingerprint density at radius 3 is 2.41 bits per heavy atom. The summed E-state index contributed by atoms with van der Waals surface area (Å²) >= 11 is 5.90. The number of sulfonamides is 1. The Hall–Kier alpha value is -3.08. The lowest BCUT2D eigenvalue weighted by molar-refractivity contribution is -0.139. The molecule has 3 rings (SSSR count). The number of hydrogen-bond acceptors (Lipinski definition) is 4. The van der Waals surface area contributed by atoms with Gasteiger partial charge in [0, 0.05) is 24.2 Å². The van der Waals surface area contributed by atoms with Gasteiger partial charge in [-0.2, -0.15) is 17.5 Å². The predicted molar refractivity (Wildman–Crippen MR) is 120 cm³/mol. The molecular formula is C23H19ClF3NO5S. The van der Waals surface area contributed by atoms with Gasteiger partial charge < -0.3 is 9.84 Å². The van der Waals surface area contributed by atoms with Gasteiger partial charge in [-0.15, -0.1) is 0 Å². The molecule has 0 bridgehead atoms. The van der Waals surface area contributed by atoms with Crippen LogP contribution in [0.1, 0.15) is 11.1 Å². The number of carbonyl (C=O) groups is 1. The summed E-state index contributed by atoms with van der Waals surface area (Å²) in [7, 11) is -2.55. The van der Waals surface area contributed by atoms with Crippen molar-refractivity contribution in [1.29, 1.82) is 0 Å². The lowest BCUT2D eigenvalue weighted by atomic mass is 9.99. The van der Waals surface area contributed by atoms with Crippen molar-refractivity contribution in [2.24, 2.45) is 0 Å². The first-order valence-electron chi connectivity index (χ1n) is 9.75. The number of carboxylic acids is 1. The lowest BCUT2D eigenvalue weighted by Crippen LogP contribution is -2.26. The Labute approximate surface area is 199 Å². The Bertz CT molecular complexity index is 1310. The Morgan fingerprint density at radius 2 is 1.76 bits per heavy atom. The number of nitrogens with zero attached hydrogens (tertiary/aromatic N) is 1. The average molecular weight is 514 g/mol. The van der Waals surface area contributed by atoms with Crippen LogP contribution in [0, 0.1) is 0 Å². The highest BCUT2D eigenvalue weighted by Gasteiger charge is 2.30. The zero-order valence-electron chi connectivity index (χ0n) is 17.7. The molecule has 0 aliphatic rings. The molecule has 11 heteroatoms. The minimum absolute atomic E-state index is 0.0120. The van der Waals surface area contributed by atoms with Crippen molar-refractivity contribution in [3.63, 3.8) is 0 Å². The van der Waals surface area contributed by atoms with Gasteiger partial charge in [0.2, 0.25) is 10.0 Å². The highest BCUT2D eigenvalue weighted by atomic mass is 35.5. The van der Waals surface area contributed by atoms with E-state index in [0.29, 0.717) is 5.56 Å². The molecule has 0 spiro atoms. The summed E-state index contributed by atoms with van der Waals surface area (Å²) in [5.74, 6) is -1.21. The normalized spacial score (nSPS) is 12.1. The molecule has 0 aliphatic carbocycles. The Morgan fingerprint density at radius 1 is 1.06 bits per heavy atom. The monoisotopic (exact) mass is 513 g/mol. The van der Waals surface area contributed by atoms with Crippen LogP contribution < -0.4 is 4.74 Å². The van der Waals surface area contributed by atoms with E-state index in [0.717, 1.165) is 16.4 Å². The summed E-state index contributed by atoms with van der Waals surface area (Å²) in [6.07, 6.45) is -4.58. The molecule has 1 N–H and O–H groups in total. The smallest absolute Gasteiger partial charge is 0.416 e. The summed E-state index contributed by atoms with van der Waals surface area (Å²) in [5.41, 5.74) is -0.112. The van der Waals surface area contributed by atoms with Crippen LogP contribution in [0.25, 0.3) is 11.1 Å². The predicted octanol–water partition coefficient (Wildman–Crippen LogP) is 5.31. The third kappa shape index (κ3) is 6.07. The minimum atomic E-state index is -4.58. The number of halogens is 4. The number of ether oxygens (including phenoxy) is 1. The quantitative estimate of drug-likeness (QED) is 0.441. The van der Waals surface area contributed by atoms with Crippen molar-refractivity contribution in [3.8, 4) is 16.9 Å². The van der Waals surface area contributed by atoms with Crippen LogP contribution in [0.3, 0.4) is 0 Å². The second kappa shape index (κ2) is 10.0. The zero-order valence-corrected chi connectivity index (χ0v) is 19.3. The van der Waals surface area contributed by atoms with Crippen LogP contribution in [0.4, 0.5) is 13.2 Å². The van der Waals surface area contributed by atoms with Crippen LogP contribution in [0.2, 0.25) is 5.02 Å². The third-order valence-electron chi connectivity index (χ3n) is 4.81. The van der Waals surface area contributed by atoms with Gasteiger partial charge in [-0.05, 0) is 53.6 Å². The first-order chi connectivity index (χ1) is 15.9. The summed E-state index contributed by atoms with van der Waals surface area (Å²) < 4.78 is 71.8. The van der Waals surface area contributed by atoms with Crippen LogP contribution in [0.15, 0.2) is 71.6 Å². The first kappa shape index (κ1) is 25.5. The number of benzene rings is 3. The third-order valence-corrected chi connectivity index (χ3v) is 6.84. The molecule has 180 valence electrons. The number of carboxylic acid groups (broad SMARTS) is 1. The van der Waals surface area contributed by atoms with Crippen LogP contribution in [-0.4, -0.2) is 37.5 Å². The molecular weight excluding hydrogens is 495 g/mol. The molecule has 0 aliphatic heterocycles. The molecule has 3 aromatic carbocycles. The largest absolute Gasteiger partial charge is 0.481 e. The van der Waals surface area contributed by atoms with Gasteiger partial charge in [0.05, 0.1) is 10.5 Å².